The SMILES string of the molecule is Cc1cc(C)c(-[n+]2c3c([n+](-c4c(C)cc(C)cc4C)n2Cl)Sc2ccccc2S3)c(C)c1. The normalized spacial score (nSPS) is 12.6. The van der Waals surface area contributed by atoms with E-state index >= 15 is 0 Å². The van der Waals surface area contributed by atoms with Crippen molar-refractivity contribution in [3.8, 4) is 11.4 Å². The van der Waals surface area contributed by atoms with Gasteiger partial charge in [0.15, 0.2) is 16.1 Å². The van der Waals surface area contributed by atoms with Gasteiger partial charge in [0, 0.05) is 41.4 Å². The van der Waals surface area contributed by atoms with E-state index in [0.29, 0.717) is 0 Å². The summed E-state index contributed by atoms with van der Waals surface area (Å²) in [7, 11) is 0. The van der Waals surface area contributed by atoms with Crippen molar-refractivity contribution in [3.05, 3.63) is 81.9 Å². The topological polar surface area (TPSA) is 12.7 Å². The molecule has 1 aliphatic heterocycles. The number of hydrogen-bond acceptors (Lipinski definition) is 2. The van der Waals surface area contributed by atoms with Crippen molar-refractivity contribution in [2.24, 2.45) is 0 Å². The molecule has 3 aromatic carbocycles. The zero-order chi connectivity index (χ0) is 22.7. The third-order valence-electron chi connectivity index (χ3n) is 5.85. The molecule has 32 heavy (non-hydrogen) atoms. The Morgan fingerprint density at radius 3 is 1.31 bits per heavy atom. The van der Waals surface area contributed by atoms with E-state index in [2.05, 4.69) is 99.4 Å². The van der Waals surface area contributed by atoms with Crippen LogP contribution in [-0.4, -0.2) is 4.32 Å². The van der Waals surface area contributed by atoms with Gasteiger partial charge in [0.05, 0.1) is 0 Å². The standard InChI is InChI=1S/C26H26ClN3S2/c1-15-11-17(3)23(18(4)12-15)28-25-26(32-22-10-8-7-9-21(22)31-25)29(30(28)27)24-19(5)13-16(2)14-20(24)6/h7-14H,1-6H3/q+2. The maximum absolute atomic E-state index is 7.22. The first-order valence-corrected chi connectivity index (χ1v) is 12.6. The molecule has 0 saturated carbocycles. The molecule has 0 bridgehead atoms. The van der Waals surface area contributed by atoms with E-state index < -0.39 is 0 Å². The summed E-state index contributed by atoms with van der Waals surface area (Å²) in [5.41, 5.74) is 9.64. The average molecular weight is 480 g/mol. The van der Waals surface area contributed by atoms with Crippen molar-refractivity contribution in [3.63, 3.8) is 0 Å². The number of halogens is 1. The van der Waals surface area contributed by atoms with E-state index in [1.807, 2.05) is 0 Å². The fraction of sp³-hybridized carbons (Fsp3) is 0.231. The number of nitrogens with zero attached hydrogens (tertiary/aromatic N) is 3. The molecule has 1 aromatic heterocycles. The molecule has 0 N–H and O–H groups in total. The van der Waals surface area contributed by atoms with Gasteiger partial charge in [0.1, 0.15) is 0 Å². The molecule has 5 rings (SSSR count). The van der Waals surface area contributed by atoms with Crippen molar-refractivity contribution in [1.82, 2.24) is 4.32 Å². The molecule has 1 aliphatic rings. The molecule has 0 spiro atoms. The lowest BCUT2D eigenvalue weighted by Gasteiger charge is -2.09. The molecule has 0 saturated heterocycles. The zero-order valence-corrected chi connectivity index (χ0v) is 21.5. The molecule has 3 nitrogen and oxygen atoms in total. The fourth-order valence-electron chi connectivity index (χ4n) is 4.80. The first-order chi connectivity index (χ1) is 15.3. The van der Waals surface area contributed by atoms with E-state index in [9.17, 15) is 0 Å². The highest BCUT2D eigenvalue weighted by molar-refractivity contribution is 8.04. The van der Waals surface area contributed by atoms with Crippen LogP contribution in [0, 0.1) is 41.5 Å². The van der Waals surface area contributed by atoms with Crippen molar-refractivity contribution in [2.45, 2.75) is 61.4 Å². The highest BCUT2D eigenvalue weighted by atomic mass is 35.5. The van der Waals surface area contributed by atoms with Crippen LogP contribution in [0.2, 0.25) is 0 Å². The Hall–Kier alpha value is -2.21. The van der Waals surface area contributed by atoms with Crippen LogP contribution >= 0.6 is 35.3 Å². The van der Waals surface area contributed by atoms with Crippen LogP contribution in [0.3, 0.4) is 0 Å². The molecule has 0 atom stereocenters. The van der Waals surface area contributed by atoms with Crippen LogP contribution < -0.4 is 9.36 Å². The molecule has 0 aliphatic carbocycles. The number of aromatic nitrogens is 3. The lowest BCUT2D eigenvalue weighted by Crippen LogP contribution is -2.51. The van der Waals surface area contributed by atoms with Gasteiger partial charge < -0.3 is 0 Å². The van der Waals surface area contributed by atoms with Crippen molar-refractivity contribution in [1.29, 1.82) is 0 Å². The second kappa shape index (κ2) is 7.98. The Balaban J connectivity index is 1.87. The molecule has 6 heteroatoms. The quantitative estimate of drug-likeness (QED) is 0.268. The summed E-state index contributed by atoms with van der Waals surface area (Å²) < 4.78 is 6.12. The summed E-state index contributed by atoms with van der Waals surface area (Å²) >= 11 is 10.8. The van der Waals surface area contributed by atoms with E-state index in [4.69, 9.17) is 11.8 Å². The van der Waals surface area contributed by atoms with E-state index in [1.165, 1.54) is 43.2 Å². The molecule has 0 fully saturated rings. The Bertz CT molecular complexity index is 1250. The molecule has 0 amide bonds. The second-order valence-electron chi connectivity index (χ2n) is 8.62. The van der Waals surface area contributed by atoms with Crippen molar-refractivity contribution >= 4 is 35.3 Å². The predicted octanol–water partition coefficient (Wildman–Crippen LogP) is 6.51. The van der Waals surface area contributed by atoms with Crippen LogP contribution in [0.5, 0.6) is 0 Å². The van der Waals surface area contributed by atoms with Gasteiger partial charge in [-0.15, -0.1) is 0 Å². The molecule has 162 valence electrons. The van der Waals surface area contributed by atoms with E-state index in [1.54, 1.807) is 27.8 Å². The number of hydrogen-bond donors (Lipinski definition) is 0. The fourth-order valence-corrected chi connectivity index (χ4v) is 7.60. The molecule has 2 heterocycles. The van der Waals surface area contributed by atoms with E-state index in [0.717, 1.165) is 21.4 Å². The average Bonchev–Trinajstić information content (AvgIpc) is 2.97. The van der Waals surface area contributed by atoms with Crippen molar-refractivity contribution < 1.29 is 9.36 Å². The predicted molar refractivity (Wildman–Crippen MR) is 132 cm³/mol. The number of aryl methyl sites for hydroxylation is 6. The molecule has 0 radical (unpaired) electrons. The molecular weight excluding hydrogens is 454 g/mol. The Morgan fingerprint density at radius 1 is 0.625 bits per heavy atom. The molecule has 0 unspecified atom stereocenters. The minimum Gasteiger partial charge on any atom is -0.0611 e. The Kier molecular flexibility index (Phi) is 5.39. The maximum atomic E-state index is 7.22. The minimum absolute atomic E-state index is 1.13. The maximum Gasteiger partial charge on any atom is 0.364 e. The summed E-state index contributed by atoms with van der Waals surface area (Å²) in [6, 6.07) is 17.5. The Morgan fingerprint density at radius 2 is 0.969 bits per heavy atom. The van der Waals surface area contributed by atoms with Gasteiger partial charge in [-0.1, -0.05) is 23.3 Å². The first kappa shape index (κ1) is 21.6. The summed E-state index contributed by atoms with van der Waals surface area (Å²) in [4.78, 5) is 2.51. The third-order valence-corrected chi connectivity index (χ3v) is 8.69. The summed E-state index contributed by atoms with van der Waals surface area (Å²) in [6.07, 6.45) is 0. The highest BCUT2D eigenvalue weighted by Gasteiger charge is 2.46. The van der Waals surface area contributed by atoms with Crippen molar-refractivity contribution in [2.75, 3.05) is 0 Å². The smallest absolute Gasteiger partial charge is 0.0611 e. The molecule has 4 aromatic rings. The first-order valence-electron chi connectivity index (χ1n) is 10.7. The minimum atomic E-state index is 1.13. The van der Waals surface area contributed by atoms with Crippen LogP contribution in [-0.2, 0) is 0 Å². The van der Waals surface area contributed by atoms with E-state index in [-0.39, 0.29) is 0 Å². The van der Waals surface area contributed by atoms with Crippen LogP contribution in [0.25, 0.3) is 11.4 Å². The van der Waals surface area contributed by atoms with Gasteiger partial charge >= 0.3 is 10.1 Å². The summed E-state index contributed by atoms with van der Waals surface area (Å²) in [5, 5.41) is 2.27. The van der Waals surface area contributed by atoms with Gasteiger partial charge in [0.25, 0.3) is 0 Å². The van der Waals surface area contributed by atoms with Gasteiger partial charge in [-0.05, 0) is 101 Å². The number of fused-ring (bicyclic) bond motifs is 2. The third kappa shape index (κ3) is 3.38. The molecular formula is C26H26ClN3S2+2. The van der Waals surface area contributed by atoms with Crippen LogP contribution in [0.1, 0.15) is 33.4 Å². The lowest BCUT2D eigenvalue weighted by atomic mass is 10.1. The number of rotatable bonds is 2. The monoisotopic (exact) mass is 479 g/mol. The second-order valence-corrected chi connectivity index (χ2v) is 11.0. The van der Waals surface area contributed by atoms with Gasteiger partial charge in [-0.25, -0.2) is 0 Å². The van der Waals surface area contributed by atoms with Crippen LogP contribution in [0.15, 0.2) is 68.4 Å². The highest BCUT2D eigenvalue weighted by Crippen LogP contribution is 2.46. The van der Waals surface area contributed by atoms with Gasteiger partial charge in [-0.2, -0.15) is 0 Å². The van der Waals surface area contributed by atoms with Gasteiger partial charge in [-0.3, -0.25) is 0 Å². The Labute approximate surface area is 203 Å². The van der Waals surface area contributed by atoms with Gasteiger partial charge in [0.2, 0.25) is 11.4 Å². The number of benzene rings is 3. The lowest BCUT2D eigenvalue weighted by molar-refractivity contribution is -0.844. The summed E-state index contributed by atoms with van der Waals surface area (Å²) in [5.74, 6) is 0. The summed E-state index contributed by atoms with van der Waals surface area (Å²) in [6.45, 7) is 13.0. The largest absolute Gasteiger partial charge is 0.364 e. The zero-order valence-electron chi connectivity index (χ0n) is 19.2. The van der Waals surface area contributed by atoms with Crippen LogP contribution in [0.4, 0.5) is 0 Å².